The van der Waals surface area contributed by atoms with Gasteiger partial charge in [-0.3, -0.25) is 9.10 Å². The third kappa shape index (κ3) is 3.11. The van der Waals surface area contributed by atoms with Gasteiger partial charge in [-0.15, -0.1) is 0 Å². The number of carbonyl (C=O) groups is 1. The molecule has 7 heteroatoms. The SMILES string of the molecule is CN(c1ccc(Br)cc1)S(=O)(=O)c1ccc2c(c1)CCC(=O)N2. The summed E-state index contributed by atoms with van der Waals surface area (Å²) in [6.07, 6.45) is 0.922. The quantitative estimate of drug-likeness (QED) is 0.868. The van der Waals surface area contributed by atoms with E-state index in [4.69, 9.17) is 0 Å². The van der Waals surface area contributed by atoms with Crippen LogP contribution in [0.5, 0.6) is 0 Å². The van der Waals surface area contributed by atoms with Gasteiger partial charge in [0.1, 0.15) is 0 Å². The van der Waals surface area contributed by atoms with Crippen LogP contribution in [0, 0.1) is 0 Å². The number of sulfonamides is 1. The summed E-state index contributed by atoms with van der Waals surface area (Å²) in [6.45, 7) is 0. The Morgan fingerprint density at radius 3 is 2.48 bits per heavy atom. The van der Waals surface area contributed by atoms with E-state index in [0.29, 0.717) is 24.2 Å². The van der Waals surface area contributed by atoms with Gasteiger partial charge in [0.2, 0.25) is 5.91 Å². The zero-order valence-electron chi connectivity index (χ0n) is 12.4. The average molecular weight is 395 g/mol. The van der Waals surface area contributed by atoms with Gasteiger partial charge in [0.25, 0.3) is 10.0 Å². The molecule has 23 heavy (non-hydrogen) atoms. The van der Waals surface area contributed by atoms with Gasteiger partial charge in [0, 0.05) is 23.6 Å². The van der Waals surface area contributed by atoms with Crippen molar-refractivity contribution in [3.63, 3.8) is 0 Å². The number of fused-ring (bicyclic) bond motifs is 1. The Bertz CT molecular complexity index is 863. The molecule has 0 atom stereocenters. The summed E-state index contributed by atoms with van der Waals surface area (Å²) >= 11 is 3.33. The number of anilines is 2. The molecule has 1 heterocycles. The first-order valence-electron chi connectivity index (χ1n) is 7.05. The first-order chi connectivity index (χ1) is 10.9. The van der Waals surface area contributed by atoms with E-state index in [1.165, 1.54) is 17.4 Å². The lowest BCUT2D eigenvalue weighted by Crippen LogP contribution is -2.27. The van der Waals surface area contributed by atoms with Crippen LogP contribution >= 0.6 is 15.9 Å². The first-order valence-corrected chi connectivity index (χ1v) is 9.28. The molecule has 1 aliphatic heterocycles. The van der Waals surface area contributed by atoms with E-state index in [2.05, 4.69) is 21.2 Å². The van der Waals surface area contributed by atoms with Crippen LogP contribution in [0.25, 0.3) is 0 Å². The summed E-state index contributed by atoms with van der Waals surface area (Å²) < 4.78 is 27.7. The maximum atomic E-state index is 12.8. The lowest BCUT2D eigenvalue weighted by Gasteiger charge is -2.22. The molecule has 0 radical (unpaired) electrons. The number of nitrogens with zero attached hydrogens (tertiary/aromatic N) is 1. The normalized spacial score (nSPS) is 14.1. The molecule has 1 aliphatic rings. The van der Waals surface area contributed by atoms with Gasteiger partial charge in [0.15, 0.2) is 0 Å². The highest BCUT2D eigenvalue weighted by atomic mass is 79.9. The van der Waals surface area contributed by atoms with E-state index in [9.17, 15) is 13.2 Å². The minimum absolute atomic E-state index is 0.0416. The number of amides is 1. The van der Waals surface area contributed by atoms with Gasteiger partial charge in [0.05, 0.1) is 10.6 Å². The smallest absolute Gasteiger partial charge is 0.264 e. The number of hydrogen-bond donors (Lipinski definition) is 1. The number of nitrogens with one attached hydrogen (secondary N) is 1. The maximum absolute atomic E-state index is 12.8. The number of halogens is 1. The van der Waals surface area contributed by atoms with Crippen LogP contribution in [0.3, 0.4) is 0 Å². The molecule has 120 valence electrons. The van der Waals surface area contributed by atoms with E-state index in [1.54, 1.807) is 36.4 Å². The van der Waals surface area contributed by atoms with Gasteiger partial charge in [-0.05, 0) is 54.4 Å². The van der Waals surface area contributed by atoms with Crippen LogP contribution in [-0.4, -0.2) is 21.4 Å². The molecule has 3 rings (SSSR count). The summed E-state index contributed by atoms with van der Waals surface area (Å²) in [5.41, 5.74) is 2.11. The Labute approximate surface area is 143 Å². The maximum Gasteiger partial charge on any atom is 0.264 e. The third-order valence-corrected chi connectivity index (χ3v) is 6.13. The van der Waals surface area contributed by atoms with E-state index in [1.807, 2.05) is 0 Å². The Balaban J connectivity index is 1.96. The molecule has 0 saturated carbocycles. The fourth-order valence-corrected chi connectivity index (χ4v) is 3.98. The molecule has 0 spiro atoms. The number of aryl methyl sites for hydroxylation is 1. The average Bonchev–Trinajstić information content (AvgIpc) is 2.54. The van der Waals surface area contributed by atoms with Gasteiger partial charge in [-0.2, -0.15) is 0 Å². The van der Waals surface area contributed by atoms with Gasteiger partial charge in [-0.1, -0.05) is 15.9 Å². The summed E-state index contributed by atoms with van der Waals surface area (Å²) in [5, 5.41) is 2.75. The van der Waals surface area contributed by atoms with Crippen molar-refractivity contribution in [2.75, 3.05) is 16.7 Å². The van der Waals surface area contributed by atoms with E-state index in [0.717, 1.165) is 10.0 Å². The third-order valence-electron chi connectivity index (χ3n) is 3.82. The largest absolute Gasteiger partial charge is 0.326 e. The molecule has 2 aromatic carbocycles. The van der Waals surface area contributed by atoms with Crippen LogP contribution in [-0.2, 0) is 21.2 Å². The van der Waals surface area contributed by atoms with Crippen LogP contribution in [0.15, 0.2) is 51.8 Å². The molecule has 1 N–H and O–H groups in total. The number of hydrogen-bond acceptors (Lipinski definition) is 3. The zero-order valence-corrected chi connectivity index (χ0v) is 14.8. The predicted molar refractivity (Wildman–Crippen MR) is 93.1 cm³/mol. The molecule has 0 unspecified atom stereocenters. The topological polar surface area (TPSA) is 66.5 Å². The van der Waals surface area contributed by atoms with Crippen molar-refractivity contribution < 1.29 is 13.2 Å². The lowest BCUT2D eigenvalue weighted by atomic mass is 10.0. The lowest BCUT2D eigenvalue weighted by molar-refractivity contribution is -0.116. The van der Waals surface area contributed by atoms with Crippen LogP contribution < -0.4 is 9.62 Å². The van der Waals surface area contributed by atoms with Gasteiger partial charge in [-0.25, -0.2) is 8.42 Å². The highest BCUT2D eigenvalue weighted by Crippen LogP contribution is 2.28. The van der Waals surface area contributed by atoms with Crippen molar-refractivity contribution >= 4 is 43.2 Å². The minimum atomic E-state index is -3.65. The fourth-order valence-electron chi connectivity index (χ4n) is 2.47. The van der Waals surface area contributed by atoms with Crippen molar-refractivity contribution in [1.29, 1.82) is 0 Å². The molecule has 5 nitrogen and oxygen atoms in total. The zero-order chi connectivity index (χ0) is 16.6. The molecule has 0 aromatic heterocycles. The fraction of sp³-hybridized carbons (Fsp3) is 0.188. The molecule has 0 aliphatic carbocycles. The van der Waals surface area contributed by atoms with Crippen molar-refractivity contribution in [1.82, 2.24) is 0 Å². The van der Waals surface area contributed by atoms with Crippen molar-refractivity contribution in [2.45, 2.75) is 17.7 Å². The number of rotatable bonds is 3. The van der Waals surface area contributed by atoms with E-state index < -0.39 is 10.0 Å². The molecule has 2 aromatic rings. The highest BCUT2D eigenvalue weighted by Gasteiger charge is 2.24. The van der Waals surface area contributed by atoms with Crippen LogP contribution in [0.1, 0.15) is 12.0 Å². The van der Waals surface area contributed by atoms with Crippen molar-refractivity contribution in [2.24, 2.45) is 0 Å². The summed E-state index contributed by atoms with van der Waals surface area (Å²) in [7, 11) is -2.12. The second kappa shape index (κ2) is 5.98. The van der Waals surface area contributed by atoms with E-state index >= 15 is 0 Å². The minimum Gasteiger partial charge on any atom is -0.326 e. The molecule has 1 amide bonds. The second-order valence-corrected chi connectivity index (χ2v) is 8.20. The van der Waals surface area contributed by atoms with Crippen molar-refractivity contribution in [3.05, 3.63) is 52.5 Å². The first kappa shape index (κ1) is 16.0. The molecule has 0 bridgehead atoms. The Morgan fingerprint density at radius 1 is 1.09 bits per heavy atom. The molecule has 0 saturated heterocycles. The Morgan fingerprint density at radius 2 is 1.78 bits per heavy atom. The van der Waals surface area contributed by atoms with E-state index in [-0.39, 0.29) is 10.8 Å². The predicted octanol–water partition coefficient (Wildman–Crippen LogP) is 3.16. The van der Waals surface area contributed by atoms with Crippen LogP contribution in [0.2, 0.25) is 0 Å². The number of carbonyl (C=O) groups excluding carboxylic acids is 1. The van der Waals surface area contributed by atoms with Crippen molar-refractivity contribution in [3.8, 4) is 0 Å². The molecule has 0 fully saturated rings. The second-order valence-electron chi connectivity index (χ2n) is 5.32. The highest BCUT2D eigenvalue weighted by molar-refractivity contribution is 9.10. The summed E-state index contributed by atoms with van der Waals surface area (Å²) in [5.74, 6) is -0.0416. The monoisotopic (exact) mass is 394 g/mol. The van der Waals surface area contributed by atoms with Gasteiger partial charge >= 0.3 is 0 Å². The Hall–Kier alpha value is -1.86. The molecular formula is C16H15BrN2O3S. The molecular weight excluding hydrogens is 380 g/mol. The Kier molecular flexibility index (Phi) is 4.16. The number of benzene rings is 2. The van der Waals surface area contributed by atoms with Gasteiger partial charge < -0.3 is 5.32 Å². The summed E-state index contributed by atoms with van der Waals surface area (Å²) in [4.78, 5) is 11.6. The standard InChI is InChI=1S/C16H15BrN2O3S/c1-19(13-5-3-12(17)4-6-13)23(21,22)14-7-8-15-11(10-14)2-9-16(20)18-15/h3-8,10H,2,9H2,1H3,(H,18,20). The summed E-state index contributed by atoms with van der Waals surface area (Å²) in [6, 6.07) is 11.9. The van der Waals surface area contributed by atoms with Crippen LogP contribution in [0.4, 0.5) is 11.4 Å².